The van der Waals surface area contributed by atoms with E-state index in [2.05, 4.69) is 10.3 Å². The number of Topliss-reactive ketones (excluding diaryl/α,β-unsaturated/α-hetero) is 1. The number of carbonyl (C=O) groups is 1. The van der Waals surface area contributed by atoms with Gasteiger partial charge in [-0.05, 0) is 37.9 Å². The number of aryl methyl sites for hydroxylation is 1. The van der Waals surface area contributed by atoms with Crippen LogP contribution in [-0.2, 0) is 0 Å². The lowest BCUT2D eigenvalue weighted by Crippen LogP contribution is -2.31. The summed E-state index contributed by atoms with van der Waals surface area (Å²) in [5.41, 5.74) is 1.77. The van der Waals surface area contributed by atoms with E-state index in [9.17, 15) is 4.79 Å². The van der Waals surface area contributed by atoms with Crippen LogP contribution in [-0.4, -0.2) is 23.4 Å². The van der Waals surface area contributed by atoms with Gasteiger partial charge in [-0.25, -0.2) is 0 Å². The van der Waals surface area contributed by atoms with Crippen molar-refractivity contribution in [2.75, 3.05) is 6.54 Å². The van der Waals surface area contributed by atoms with Crippen molar-refractivity contribution in [1.82, 2.24) is 10.3 Å². The molecular formula is C11H14N2O. The van der Waals surface area contributed by atoms with Gasteiger partial charge in [-0.1, -0.05) is 0 Å². The molecule has 0 amide bonds. The van der Waals surface area contributed by atoms with E-state index >= 15 is 0 Å². The lowest BCUT2D eigenvalue weighted by Gasteiger charge is -2.10. The third kappa shape index (κ3) is 1.68. The van der Waals surface area contributed by atoms with E-state index in [1.807, 2.05) is 13.0 Å². The van der Waals surface area contributed by atoms with Crippen molar-refractivity contribution in [3.8, 4) is 0 Å². The zero-order valence-corrected chi connectivity index (χ0v) is 8.29. The van der Waals surface area contributed by atoms with Gasteiger partial charge in [-0.15, -0.1) is 0 Å². The van der Waals surface area contributed by atoms with Crippen LogP contribution in [0.3, 0.4) is 0 Å². The SMILES string of the molecule is Cc1ccncc1C(=O)C1CCCN1. The van der Waals surface area contributed by atoms with Crippen LogP contribution in [0.2, 0.25) is 0 Å². The predicted molar refractivity (Wildman–Crippen MR) is 54.3 cm³/mol. The number of rotatable bonds is 2. The first-order valence-corrected chi connectivity index (χ1v) is 4.97. The van der Waals surface area contributed by atoms with E-state index in [0.29, 0.717) is 0 Å². The summed E-state index contributed by atoms with van der Waals surface area (Å²) in [4.78, 5) is 16.0. The topological polar surface area (TPSA) is 42.0 Å². The lowest BCUT2D eigenvalue weighted by atomic mass is 10.0. The van der Waals surface area contributed by atoms with E-state index < -0.39 is 0 Å². The molecule has 74 valence electrons. The molecule has 0 bridgehead atoms. The highest BCUT2D eigenvalue weighted by Crippen LogP contribution is 2.14. The van der Waals surface area contributed by atoms with Crippen molar-refractivity contribution in [1.29, 1.82) is 0 Å². The van der Waals surface area contributed by atoms with Crippen molar-refractivity contribution in [3.63, 3.8) is 0 Å². The van der Waals surface area contributed by atoms with Crippen molar-refractivity contribution < 1.29 is 4.79 Å². The van der Waals surface area contributed by atoms with Crippen molar-refractivity contribution in [2.24, 2.45) is 0 Å². The third-order valence-electron chi connectivity index (χ3n) is 2.68. The summed E-state index contributed by atoms with van der Waals surface area (Å²) in [6.07, 6.45) is 5.43. The minimum absolute atomic E-state index is 0.0119. The summed E-state index contributed by atoms with van der Waals surface area (Å²) in [6, 6.07) is 1.89. The van der Waals surface area contributed by atoms with E-state index in [4.69, 9.17) is 0 Å². The number of aromatic nitrogens is 1. The Labute approximate surface area is 83.5 Å². The fourth-order valence-corrected chi connectivity index (χ4v) is 1.82. The maximum Gasteiger partial charge on any atom is 0.181 e. The first kappa shape index (κ1) is 9.34. The van der Waals surface area contributed by atoms with Crippen molar-refractivity contribution in [2.45, 2.75) is 25.8 Å². The first-order valence-electron chi connectivity index (χ1n) is 4.97. The molecule has 0 radical (unpaired) electrons. The molecule has 0 aliphatic carbocycles. The minimum Gasteiger partial charge on any atom is -0.307 e. The Morgan fingerprint density at radius 2 is 2.50 bits per heavy atom. The maximum absolute atomic E-state index is 12.0. The highest BCUT2D eigenvalue weighted by molar-refractivity contribution is 6.01. The monoisotopic (exact) mass is 190 g/mol. The zero-order chi connectivity index (χ0) is 9.97. The Balaban J connectivity index is 2.22. The molecule has 1 N–H and O–H groups in total. The van der Waals surface area contributed by atoms with E-state index in [-0.39, 0.29) is 11.8 Å². The van der Waals surface area contributed by atoms with Crippen molar-refractivity contribution >= 4 is 5.78 Å². The van der Waals surface area contributed by atoms with Crippen LogP contribution in [0.1, 0.15) is 28.8 Å². The van der Waals surface area contributed by atoms with Gasteiger partial charge in [-0.3, -0.25) is 9.78 Å². The second kappa shape index (κ2) is 3.88. The summed E-state index contributed by atoms with van der Waals surface area (Å²) >= 11 is 0. The Kier molecular flexibility index (Phi) is 2.59. The molecule has 1 fully saturated rings. The van der Waals surface area contributed by atoms with Gasteiger partial charge in [0.1, 0.15) is 0 Å². The molecule has 14 heavy (non-hydrogen) atoms. The second-order valence-electron chi connectivity index (χ2n) is 3.70. The Hall–Kier alpha value is -1.22. The highest BCUT2D eigenvalue weighted by atomic mass is 16.1. The molecule has 1 atom stereocenters. The summed E-state index contributed by atoms with van der Waals surface area (Å²) in [7, 11) is 0. The van der Waals surface area contributed by atoms with Crippen molar-refractivity contribution in [3.05, 3.63) is 29.6 Å². The number of hydrogen-bond acceptors (Lipinski definition) is 3. The van der Waals surface area contributed by atoms with Gasteiger partial charge in [0.2, 0.25) is 0 Å². The van der Waals surface area contributed by atoms with E-state index in [1.165, 1.54) is 0 Å². The smallest absolute Gasteiger partial charge is 0.181 e. The first-order chi connectivity index (χ1) is 6.79. The van der Waals surface area contributed by atoms with Gasteiger partial charge in [0.05, 0.1) is 6.04 Å². The van der Waals surface area contributed by atoms with Gasteiger partial charge in [0, 0.05) is 18.0 Å². The van der Waals surface area contributed by atoms with E-state index in [1.54, 1.807) is 12.4 Å². The van der Waals surface area contributed by atoms with Gasteiger partial charge in [-0.2, -0.15) is 0 Å². The third-order valence-corrected chi connectivity index (χ3v) is 2.68. The highest BCUT2D eigenvalue weighted by Gasteiger charge is 2.24. The molecule has 2 rings (SSSR count). The quantitative estimate of drug-likeness (QED) is 0.715. The fourth-order valence-electron chi connectivity index (χ4n) is 1.82. The Morgan fingerprint density at radius 3 is 3.14 bits per heavy atom. The molecule has 0 saturated carbocycles. The normalized spacial score (nSPS) is 21.1. The van der Waals surface area contributed by atoms with Crippen LogP contribution in [0.4, 0.5) is 0 Å². The summed E-state index contributed by atoms with van der Waals surface area (Å²) in [5, 5.41) is 3.20. The van der Waals surface area contributed by atoms with Crippen LogP contribution in [0.5, 0.6) is 0 Å². The van der Waals surface area contributed by atoms with Gasteiger partial charge >= 0.3 is 0 Å². The summed E-state index contributed by atoms with van der Waals surface area (Å²) in [5.74, 6) is 0.188. The molecule has 1 aliphatic heterocycles. The number of nitrogens with zero attached hydrogens (tertiary/aromatic N) is 1. The summed E-state index contributed by atoms with van der Waals surface area (Å²) in [6.45, 7) is 2.90. The minimum atomic E-state index is 0.0119. The molecular weight excluding hydrogens is 176 g/mol. The lowest BCUT2D eigenvalue weighted by molar-refractivity contribution is 0.0951. The molecule has 1 aliphatic rings. The fraction of sp³-hybridized carbons (Fsp3) is 0.455. The van der Waals surface area contributed by atoms with Gasteiger partial charge < -0.3 is 5.32 Å². The molecule has 3 heteroatoms. The van der Waals surface area contributed by atoms with E-state index in [0.717, 1.165) is 30.5 Å². The Morgan fingerprint density at radius 1 is 1.64 bits per heavy atom. The Bertz CT molecular complexity index is 343. The van der Waals surface area contributed by atoms with Crippen LogP contribution >= 0.6 is 0 Å². The van der Waals surface area contributed by atoms with Gasteiger partial charge in [0.25, 0.3) is 0 Å². The van der Waals surface area contributed by atoms with Crippen LogP contribution in [0, 0.1) is 6.92 Å². The van der Waals surface area contributed by atoms with Crippen LogP contribution in [0.25, 0.3) is 0 Å². The molecule has 0 spiro atoms. The summed E-state index contributed by atoms with van der Waals surface area (Å²) < 4.78 is 0. The molecule has 1 saturated heterocycles. The molecule has 2 heterocycles. The number of pyridine rings is 1. The van der Waals surface area contributed by atoms with Gasteiger partial charge in [0.15, 0.2) is 5.78 Å². The standard InChI is InChI=1S/C11H14N2O/c1-8-4-6-12-7-9(8)11(14)10-3-2-5-13-10/h4,6-7,10,13H,2-3,5H2,1H3. The predicted octanol–water partition coefficient (Wildman–Crippen LogP) is 1.32. The molecule has 1 aromatic rings. The molecule has 1 aromatic heterocycles. The molecule has 0 aromatic carbocycles. The average Bonchev–Trinajstić information content (AvgIpc) is 2.70. The van der Waals surface area contributed by atoms with Crippen LogP contribution < -0.4 is 5.32 Å². The number of nitrogens with one attached hydrogen (secondary N) is 1. The molecule has 1 unspecified atom stereocenters. The number of ketones is 1. The second-order valence-corrected chi connectivity index (χ2v) is 3.70. The van der Waals surface area contributed by atoms with Crippen LogP contribution in [0.15, 0.2) is 18.5 Å². The number of carbonyl (C=O) groups excluding carboxylic acids is 1. The zero-order valence-electron chi connectivity index (χ0n) is 8.29. The maximum atomic E-state index is 12.0. The average molecular weight is 190 g/mol. The largest absolute Gasteiger partial charge is 0.307 e. The molecule has 3 nitrogen and oxygen atoms in total. The number of hydrogen-bond donors (Lipinski definition) is 1.